The summed E-state index contributed by atoms with van der Waals surface area (Å²) in [5.41, 5.74) is -0.273. The van der Waals surface area contributed by atoms with Crippen molar-refractivity contribution in [3.63, 3.8) is 0 Å². The number of sulfonamides is 1. The molecule has 1 fully saturated rings. The molecule has 2 aliphatic heterocycles. The minimum atomic E-state index is -5.94. The first kappa shape index (κ1) is 47.3. The van der Waals surface area contributed by atoms with E-state index in [4.69, 9.17) is 11.6 Å². The van der Waals surface area contributed by atoms with E-state index in [2.05, 4.69) is 55.8 Å². The Morgan fingerprint density at radius 1 is 0.952 bits per heavy atom. The van der Waals surface area contributed by atoms with Gasteiger partial charge in [-0.3, -0.25) is 14.5 Å². The van der Waals surface area contributed by atoms with E-state index in [1.807, 2.05) is 49.4 Å². The quantitative estimate of drug-likeness (QED) is 0.105. The predicted molar refractivity (Wildman–Crippen MR) is 246 cm³/mol. The van der Waals surface area contributed by atoms with Gasteiger partial charge in [-0.2, -0.15) is 13.2 Å². The molecule has 7 rings (SSSR count). The van der Waals surface area contributed by atoms with Gasteiger partial charge < -0.3 is 5.32 Å². The van der Waals surface area contributed by atoms with Crippen LogP contribution in [-0.2, 0) is 32.8 Å². The molecule has 1 saturated heterocycles. The van der Waals surface area contributed by atoms with Gasteiger partial charge in [0.2, 0.25) is 0 Å². The van der Waals surface area contributed by atoms with Crippen LogP contribution in [0.2, 0.25) is 5.02 Å². The lowest BCUT2D eigenvalue weighted by atomic mass is 9.72. The summed E-state index contributed by atoms with van der Waals surface area (Å²) < 4.78 is 98.2. The van der Waals surface area contributed by atoms with E-state index in [1.165, 1.54) is 23.0 Å². The number of nitrogens with zero attached hydrogens (tertiary/aromatic N) is 4. The Morgan fingerprint density at radius 2 is 1.68 bits per heavy atom. The number of sulfone groups is 1. The maximum absolute atomic E-state index is 14.1. The van der Waals surface area contributed by atoms with Crippen molar-refractivity contribution in [1.82, 2.24) is 19.8 Å². The van der Waals surface area contributed by atoms with Crippen LogP contribution in [0.25, 0.3) is 5.57 Å². The molecule has 4 aromatic rings. The Bertz CT molecular complexity index is 2480. The highest BCUT2D eigenvalue weighted by atomic mass is 35.5. The van der Waals surface area contributed by atoms with E-state index < -0.39 is 35.2 Å². The van der Waals surface area contributed by atoms with Gasteiger partial charge in [0, 0.05) is 53.5 Å². The fourth-order valence-electron chi connectivity index (χ4n) is 8.94. The number of alkyl halides is 3. The molecule has 0 spiro atoms. The molecule has 0 bridgehead atoms. The minimum Gasteiger partial charge on any atom is -0.384 e. The summed E-state index contributed by atoms with van der Waals surface area (Å²) in [6.07, 6.45) is 8.52. The first-order valence-corrected chi connectivity index (χ1v) is 25.9. The Morgan fingerprint density at radius 3 is 2.38 bits per heavy atom. The van der Waals surface area contributed by atoms with Crippen molar-refractivity contribution in [3.8, 4) is 0 Å². The fourth-order valence-corrected chi connectivity index (χ4v) is 12.2. The van der Waals surface area contributed by atoms with Crippen molar-refractivity contribution in [2.24, 2.45) is 11.3 Å². The van der Waals surface area contributed by atoms with Gasteiger partial charge in [-0.15, -0.1) is 11.8 Å². The number of fused-ring (bicyclic) bond motifs is 1. The maximum atomic E-state index is 14.1. The number of aromatic nitrogens is 2. The topological polar surface area (TPSA) is 125 Å². The van der Waals surface area contributed by atoms with Gasteiger partial charge in [-0.25, -0.2) is 26.8 Å². The maximum Gasteiger partial charge on any atom is 0.501 e. The highest BCUT2D eigenvalue weighted by Crippen LogP contribution is 2.44. The highest BCUT2D eigenvalue weighted by molar-refractivity contribution is 7.99. The molecule has 63 heavy (non-hydrogen) atoms. The molecule has 1 aromatic heterocycles. The van der Waals surface area contributed by atoms with E-state index in [-0.39, 0.29) is 29.4 Å². The number of likely N-dealkylation sites (tertiary alicyclic amines) is 1. The lowest BCUT2D eigenvalue weighted by Crippen LogP contribution is -2.47. The number of nitrogens with one attached hydrogen (secondary N) is 2. The minimum absolute atomic E-state index is 0.00800. The number of thioether (sulfide) groups is 1. The van der Waals surface area contributed by atoms with Crippen molar-refractivity contribution < 1.29 is 30.0 Å². The summed E-state index contributed by atoms with van der Waals surface area (Å²) in [6, 6.07) is 21.0. The normalized spacial score (nSPS) is 18.5. The lowest BCUT2D eigenvalue weighted by molar-refractivity contribution is -0.0435. The van der Waals surface area contributed by atoms with Gasteiger partial charge in [0.1, 0.15) is 17.0 Å². The first-order chi connectivity index (χ1) is 29.9. The van der Waals surface area contributed by atoms with Gasteiger partial charge in [-0.05, 0) is 123 Å². The van der Waals surface area contributed by atoms with Crippen LogP contribution < -0.4 is 10.0 Å². The molecular formula is C46H56ClF3N6O4S3. The Labute approximate surface area is 379 Å². The number of benzene rings is 3. The number of anilines is 2. The molecule has 10 nitrogen and oxygen atoms in total. The summed E-state index contributed by atoms with van der Waals surface area (Å²) in [5.74, 6) is 0.662. The smallest absolute Gasteiger partial charge is 0.384 e. The van der Waals surface area contributed by atoms with E-state index in [0.29, 0.717) is 48.6 Å². The molecule has 3 aliphatic rings. The molecule has 0 amide bonds. The van der Waals surface area contributed by atoms with Crippen LogP contribution in [0.15, 0.2) is 99.4 Å². The molecule has 17 heteroatoms. The van der Waals surface area contributed by atoms with E-state index in [9.17, 15) is 30.0 Å². The van der Waals surface area contributed by atoms with Crippen molar-refractivity contribution in [3.05, 3.63) is 107 Å². The van der Waals surface area contributed by atoms with Gasteiger partial charge in [0.05, 0.1) is 16.3 Å². The summed E-state index contributed by atoms with van der Waals surface area (Å²) in [4.78, 5) is 12.9. The second kappa shape index (κ2) is 19.8. The van der Waals surface area contributed by atoms with Crippen LogP contribution in [0.3, 0.4) is 0 Å². The molecule has 1 aliphatic carbocycles. The van der Waals surface area contributed by atoms with Crippen LogP contribution in [0.5, 0.6) is 0 Å². The van der Waals surface area contributed by atoms with Crippen LogP contribution in [-0.4, -0.2) is 86.6 Å². The molecule has 0 saturated carbocycles. The molecule has 3 aromatic carbocycles. The summed E-state index contributed by atoms with van der Waals surface area (Å²) in [5, 5.41) is 3.64. The van der Waals surface area contributed by atoms with E-state index in [1.54, 1.807) is 11.8 Å². The highest BCUT2D eigenvalue weighted by Gasteiger charge is 2.48. The molecule has 340 valence electrons. The average Bonchev–Trinajstić information content (AvgIpc) is 3.25. The SMILES string of the molecule is CCC[C@@H](CNc1ccc(S(=O)(=O)Nc2ncnc3c2CCN(C2CCN(CC4=C(c5ccc(Cl)cc5)CC(C)(C)CC4)CC2)C3)cc1S(=O)(=O)C(F)(F)F)CSc1ccccc1. The molecule has 0 radical (unpaired) electrons. The zero-order chi connectivity index (χ0) is 45.0. The Kier molecular flexibility index (Phi) is 14.9. The number of allylic oxidation sites excluding steroid dienone is 1. The Balaban J connectivity index is 1.01. The van der Waals surface area contributed by atoms with E-state index >= 15 is 0 Å². The van der Waals surface area contributed by atoms with Gasteiger partial charge >= 0.3 is 5.51 Å². The van der Waals surface area contributed by atoms with Crippen LogP contribution in [0.1, 0.15) is 82.5 Å². The van der Waals surface area contributed by atoms with E-state index in [0.717, 1.165) is 86.6 Å². The molecule has 2 N–H and O–H groups in total. The van der Waals surface area contributed by atoms with Crippen molar-refractivity contribution in [2.45, 2.75) is 105 Å². The standard InChI is InChI=1S/C46H56ClF3N6O4S3/c1-4-8-32(30-61-37-9-6-5-7-10-37)27-51-41-16-15-38(25-43(41)62(57,58)46(48,49)50)63(59,60)54-44-39-20-24-56(29-42(39)52-31-53-44)36-18-22-55(23-19-36)28-34-17-21-45(2,3)26-40(34)33-11-13-35(47)14-12-33/h5-7,9-16,25,31-32,36,51H,4,8,17-24,26-30H2,1-3H3,(H,52,53,54)/t32-/m0/s1. The molecular weight excluding hydrogens is 889 g/mol. The first-order valence-electron chi connectivity index (χ1n) is 21.6. The van der Waals surface area contributed by atoms with Crippen molar-refractivity contribution >= 4 is 60.3 Å². The Hall–Kier alpha value is -3.67. The number of halogens is 4. The number of piperidine rings is 1. The average molecular weight is 946 g/mol. The number of hydrogen-bond acceptors (Lipinski definition) is 10. The largest absolute Gasteiger partial charge is 0.501 e. The zero-order valence-electron chi connectivity index (χ0n) is 35.9. The van der Waals surface area contributed by atoms with Crippen molar-refractivity contribution in [1.29, 1.82) is 0 Å². The lowest BCUT2D eigenvalue weighted by Gasteiger charge is -2.41. The third-order valence-electron chi connectivity index (χ3n) is 12.5. The second-order valence-corrected chi connectivity index (χ2v) is 22.8. The summed E-state index contributed by atoms with van der Waals surface area (Å²) in [6.45, 7) is 10.9. The molecule has 0 unspecified atom stereocenters. The summed E-state index contributed by atoms with van der Waals surface area (Å²) >= 11 is 7.82. The van der Waals surface area contributed by atoms with Crippen molar-refractivity contribution in [2.75, 3.05) is 48.5 Å². The van der Waals surface area contributed by atoms with Crippen LogP contribution in [0.4, 0.5) is 24.7 Å². The predicted octanol–water partition coefficient (Wildman–Crippen LogP) is 10.3. The second-order valence-electron chi connectivity index (χ2n) is 17.7. The van der Waals surface area contributed by atoms with Gasteiger partial charge in [0.25, 0.3) is 19.9 Å². The van der Waals surface area contributed by atoms with Crippen LogP contribution in [0, 0.1) is 11.3 Å². The summed E-state index contributed by atoms with van der Waals surface area (Å²) in [7, 11) is -10.5. The monoisotopic (exact) mass is 944 g/mol. The number of rotatable bonds is 16. The molecule has 1 atom stereocenters. The fraction of sp³-hybridized carbons (Fsp3) is 0.478. The number of hydrogen-bond donors (Lipinski definition) is 2. The third kappa shape index (κ3) is 11.6. The third-order valence-corrected chi connectivity index (χ3v) is 16.9. The van der Waals surface area contributed by atoms with Crippen LogP contribution >= 0.6 is 23.4 Å². The zero-order valence-corrected chi connectivity index (χ0v) is 39.1. The van der Waals surface area contributed by atoms with Gasteiger partial charge in [0.15, 0.2) is 0 Å². The van der Waals surface area contributed by atoms with Gasteiger partial charge in [-0.1, -0.05) is 74.7 Å². The molecule has 3 heterocycles.